The summed E-state index contributed by atoms with van der Waals surface area (Å²) in [5.41, 5.74) is 0. The Morgan fingerprint density at radius 1 is 0.720 bits per heavy atom. The van der Waals surface area contributed by atoms with Gasteiger partial charge in [0, 0.05) is 6.42 Å². The molecule has 25 heavy (non-hydrogen) atoms. The number of esters is 1. The van der Waals surface area contributed by atoms with Crippen LogP contribution in [0.3, 0.4) is 0 Å². The van der Waals surface area contributed by atoms with Gasteiger partial charge in [0.05, 0.1) is 12.7 Å². The van der Waals surface area contributed by atoms with E-state index in [9.17, 15) is 9.90 Å². The third kappa shape index (κ3) is 19.6. The van der Waals surface area contributed by atoms with Gasteiger partial charge in [-0.25, -0.2) is 0 Å². The Kier molecular flexibility index (Phi) is 19.3. The third-order valence-electron chi connectivity index (χ3n) is 4.80. The van der Waals surface area contributed by atoms with Crippen LogP contribution < -0.4 is 0 Å². The first kappa shape index (κ1) is 24.4. The highest BCUT2D eigenvalue weighted by Crippen LogP contribution is 2.14. The first-order valence-electron chi connectivity index (χ1n) is 11.0. The lowest BCUT2D eigenvalue weighted by molar-refractivity contribution is -0.143. The molecule has 0 spiro atoms. The Morgan fingerprint density at radius 2 is 1.24 bits per heavy atom. The average molecular weight is 357 g/mol. The molecule has 0 aromatic heterocycles. The minimum atomic E-state index is -0.0665. The van der Waals surface area contributed by atoms with Gasteiger partial charge in [0.25, 0.3) is 0 Å². The van der Waals surface area contributed by atoms with Crippen molar-refractivity contribution in [3.63, 3.8) is 0 Å². The highest BCUT2D eigenvalue weighted by Gasteiger charge is 2.02. The molecule has 0 saturated carbocycles. The van der Waals surface area contributed by atoms with Gasteiger partial charge in [-0.05, 0) is 25.7 Å². The van der Waals surface area contributed by atoms with Gasteiger partial charge >= 0.3 is 5.97 Å². The molecule has 0 aliphatic heterocycles. The number of unbranched alkanes of at least 4 members (excludes halogenated alkanes) is 11. The van der Waals surface area contributed by atoms with Gasteiger partial charge in [0.1, 0.15) is 0 Å². The Morgan fingerprint density at radius 3 is 1.76 bits per heavy atom. The smallest absolute Gasteiger partial charge is 0.305 e. The Bertz CT molecular complexity index is 278. The predicted octanol–water partition coefficient (Wildman–Crippen LogP) is 6.56. The summed E-state index contributed by atoms with van der Waals surface area (Å²) in [4.78, 5) is 11.4. The lowest BCUT2D eigenvalue weighted by Gasteiger charge is -2.08. The van der Waals surface area contributed by atoms with Crippen molar-refractivity contribution in [3.8, 4) is 0 Å². The van der Waals surface area contributed by atoms with Crippen LogP contribution >= 0.6 is 0 Å². The van der Waals surface area contributed by atoms with Crippen LogP contribution in [-0.2, 0) is 9.53 Å². The summed E-state index contributed by atoms with van der Waals surface area (Å²) >= 11 is 0. The quantitative estimate of drug-likeness (QED) is 0.210. The standard InChI is InChI=1S/C22H44O3/c1-3-5-20-25-22(24)19-16-14-12-10-8-6-7-9-11-13-15-18-21(23)17-4-2/h21,23H,3-20H2,1-2H3. The Labute approximate surface area is 156 Å². The van der Waals surface area contributed by atoms with Crippen molar-refractivity contribution in [1.82, 2.24) is 0 Å². The first-order valence-corrected chi connectivity index (χ1v) is 11.0. The first-order chi connectivity index (χ1) is 12.2. The summed E-state index contributed by atoms with van der Waals surface area (Å²) in [6.45, 7) is 4.83. The summed E-state index contributed by atoms with van der Waals surface area (Å²) in [6, 6.07) is 0. The molecular weight excluding hydrogens is 312 g/mol. The number of rotatable bonds is 19. The lowest BCUT2D eigenvalue weighted by atomic mass is 10.0. The molecule has 1 N–H and O–H groups in total. The zero-order valence-corrected chi connectivity index (χ0v) is 17.1. The summed E-state index contributed by atoms with van der Waals surface area (Å²) in [7, 11) is 0. The lowest BCUT2D eigenvalue weighted by Crippen LogP contribution is -2.05. The van der Waals surface area contributed by atoms with Crippen LogP contribution in [0.2, 0.25) is 0 Å². The molecule has 0 rings (SSSR count). The predicted molar refractivity (Wildman–Crippen MR) is 107 cm³/mol. The molecule has 1 atom stereocenters. The fourth-order valence-electron chi connectivity index (χ4n) is 3.12. The maximum absolute atomic E-state index is 11.4. The van der Waals surface area contributed by atoms with Crippen LogP contribution in [-0.4, -0.2) is 23.8 Å². The number of aliphatic hydroxyl groups excluding tert-OH is 1. The van der Waals surface area contributed by atoms with Crippen LogP contribution in [0, 0.1) is 0 Å². The molecule has 0 amide bonds. The van der Waals surface area contributed by atoms with E-state index < -0.39 is 0 Å². The highest BCUT2D eigenvalue weighted by molar-refractivity contribution is 5.69. The second kappa shape index (κ2) is 19.8. The monoisotopic (exact) mass is 356 g/mol. The van der Waals surface area contributed by atoms with E-state index in [1.807, 2.05) is 0 Å². The van der Waals surface area contributed by atoms with Gasteiger partial charge in [-0.15, -0.1) is 0 Å². The number of aliphatic hydroxyl groups is 1. The molecule has 0 heterocycles. The normalized spacial score (nSPS) is 12.3. The molecule has 0 aliphatic carbocycles. The Balaban J connectivity index is 3.13. The maximum Gasteiger partial charge on any atom is 0.305 e. The van der Waals surface area contributed by atoms with Crippen molar-refractivity contribution in [2.75, 3.05) is 6.61 Å². The van der Waals surface area contributed by atoms with Crippen molar-refractivity contribution >= 4 is 5.97 Å². The second-order valence-electron chi connectivity index (χ2n) is 7.44. The van der Waals surface area contributed by atoms with Crippen LogP contribution in [0.25, 0.3) is 0 Å². The zero-order valence-electron chi connectivity index (χ0n) is 17.1. The van der Waals surface area contributed by atoms with Gasteiger partial charge < -0.3 is 9.84 Å². The largest absolute Gasteiger partial charge is 0.466 e. The molecule has 3 heteroatoms. The molecule has 3 nitrogen and oxygen atoms in total. The zero-order chi connectivity index (χ0) is 18.6. The van der Waals surface area contributed by atoms with E-state index >= 15 is 0 Å². The Hall–Kier alpha value is -0.570. The van der Waals surface area contributed by atoms with Crippen LogP contribution in [0.5, 0.6) is 0 Å². The van der Waals surface area contributed by atoms with E-state index in [1.165, 1.54) is 57.8 Å². The van der Waals surface area contributed by atoms with E-state index in [2.05, 4.69) is 13.8 Å². The van der Waals surface area contributed by atoms with E-state index in [0.717, 1.165) is 44.9 Å². The number of hydrogen-bond donors (Lipinski definition) is 1. The number of carbonyl (C=O) groups is 1. The van der Waals surface area contributed by atoms with Gasteiger partial charge in [0.15, 0.2) is 0 Å². The summed E-state index contributed by atoms with van der Waals surface area (Å²) in [5, 5.41) is 9.66. The molecule has 0 radical (unpaired) electrons. The third-order valence-corrected chi connectivity index (χ3v) is 4.80. The van der Waals surface area contributed by atoms with Gasteiger partial charge in [0.2, 0.25) is 0 Å². The SMILES string of the molecule is CCCCOC(=O)CCCCCCCCCCCCCC(O)CCC. The van der Waals surface area contributed by atoms with Crippen LogP contribution in [0.4, 0.5) is 0 Å². The molecule has 150 valence electrons. The van der Waals surface area contributed by atoms with Crippen molar-refractivity contribution in [2.45, 2.75) is 129 Å². The van der Waals surface area contributed by atoms with Crippen LogP contribution in [0.15, 0.2) is 0 Å². The molecule has 0 aromatic carbocycles. The summed E-state index contributed by atoms with van der Waals surface area (Å²) in [5.74, 6) is -0.0179. The molecule has 0 saturated heterocycles. The highest BCUT2D eigenvalue weighted by atomic mass is 16.5. The van der Waals surface area contributed by atoms with Gasteiger partial charge in [-0.3, -0.25) is 4.79 Å². The number of hydrogen-bond acceptors (Lipinski definition) is 3. The summed E-state index contributed by atoms with van der Waals surface area (Å²) < 4.78 is 5.15. The van der Waals surface area contributed by atoms with Crippen molar-refractivity contribution in [2.24, 2.45) is 0 Å². The molecular formula is C22H44O3. The average Bonchev–Trinajstić information content (AvgIpc) is 2.59. The number of carbonyl (C=O) groups excluding carboxylic acids is 1. The van der Waals surface area contributed by atoms with E-state index in [4.69, 9.17) is 4.74 Å². The topological polar surface area (TPSA) is 46.5 Å². The van der Waals surface area contributed by atoms with Crippen molar-refractivity contribution in [1.29, 1.82) is 0 Å². The maximum atomic E-state index is 11.4. The van der Waals surface area contributed by atoms with Gasteiger partial charge in [-0.2, -0.15) is 0 Å². The number of ether oxygens (including phenoxy) is 1. The van der Waals surface area contributed by atoms with Crippen LogP contribution in [0.1, 0.15) is 123 Å². The molecule has 0 aliphatic rings. The fraction of sp³-hybridized carbons (Fsp3) is 0.955. The van der Waals surface area contributed by atoms with E-state index in [1.54, 1.807) is 0 Å². The van der Waals surface area contributed by atoms with Crippen molar-refractivity contribution in [3.05, 3.63) is 0 Å². The molecule has 1 unspecified atom stereocenters. The molecule has 0 fully saturated rings. The molecule has 0 aromatic rings. The summed E-state index contributed by atoms with van der Waals surface area (Å²) in [6.07, 6.45) is 19.4. The minimum Gasteiger partial charge on any atom is -0.466 e. The van der Waals surface area contributed by atoms with Crippen molar-refractivity contribution < 1.29 is 14.6 Å². The second-order valence-corrected chi connectivity index (χ2v) is 7.44. The minimum absolute atomic E-state index is 0.0179. The molecule has 0 bridgehead atoms. The fourth-order valence-corrected chi connectivity index (χ4v) is 3.12. The van der Waals surface area contributed by atoms with Gasteiger partial charge in [-0.1, -0.05) is 90.9 Å². The van der Waals surface area contributed by atoms with E-state index in [0.29, 0.717) is 13.0 Å². The van der Waals surface area contributed by atoms with E-state index in [-0.39, 0.29) is 12.1 Å².